The summed E-state index contributed by atoms with van der Waals surface area (Å²) in [5.41, 5.74) is 2.90. The molecular weight excluding hydrogens is 316 g/mol. The van der Waals surface area contributed by atoms with Gasteiger partial charge in [0, 0.05) is 38.0 Å². The Balaban J connectivity index is 1.70. The number of hydrogen-bond donors (Lipinski definition) is 2. The van der Waals surface area contributed by atoms with Crippen LogP contribution in [0.1, 0.15) is 5.01 Å². The number of amides is 2. The summed E-state index contributed by atoms with van der Waals surface area (Å²) in [6, 6.07) is 5.36. The van der Waals surface area contributed by atoms with E-state index in [0.717, 1.165) is 16.3 Å². The molecule has 2 amide bonds. The van der Waals surface area contributed by atoms with Gasteiger partial charge < -0.3 is 14.6 Å². The second-order valence-corrected chi connectivity index (χ2v) is 6.17. The number of fused-ring (bicyclic) bond motifs is 1. The molecule has 3 aromatic rings. The SMILES string of the molecule is CN(C)C(=O)NCCc1nc(-c2ccc3[nH]c(=O)oc3c2)cs1. The number of nitrogens with one attached hydrogen (secondary N) is 2. The molecule has 23 heavy (non-hydrogen) atoms. The summed E-state index contributed by atoms with van der Waals surface area (Å²) in [5, 5.41) is 5.70. The van der Waals surface area contributed by atoms with Crippen LogP contribution in [0.25, 0.3) is 22.4 Å². The Morgan fingerprint density at radius 2 is 2.26 bits per heavy atom. The monoisotopic (exact) mass is 332 g/mol. The van der Waals surface area contributed by atoms with Crippen molar-refractivity contribution in [1.82, 2.24) is 20.2 Å². The number of benzene rings is 1. The second-order valence-electron chi connectivity index (χ2n) is 5.23. The third kappa shape index (κ3) is 3.42. The number of aromatic nitrogens is 2. The number of carbonyl (C=O) groups is 1. The summed E-state index contributed by atoms with van der Waals surface area (Å²) in [7, 11) is 3.40. The van der Waals surface area contributed by atoms with Crippen LogP contribution in [0.2, 0.25) is 0 Å². The Bertz CT molecular complexity index is 893. The van der Waals surface area contributed by atoms with Crippen molar-refractivity contribution in [2.45, 2.75) is 6.42 Å². The summed E-state index contributed by atoms with van der Waals surface area (Å²) in [5.74, 6) is -0.465. The maximum Gasteiger partial charge on any atom is 0.417 e. The van der Waals surface area contributed by atoms with Gasteiger partial charge in [0.2, 0.25) is 0 Å². The minimum absolute atomic E-state index is 0.116. The van der Waals surface area contributed by atoms with E-state index < -0.39 is 5.76 Å². The minimum Gasteiger partial charge on any atom is -0.408 e. The largest absolute Gasteiger partial charge is 0.417 e. The molecule has 0 spiro atoms. The van der Waals surface area contributed by atoms with Gasteiger partial charge in [-0.2, -0.15) is 0 Å². The number of carbonyl (C=O) groups excluding carboxylic acids is 1. The molecule has 7 nitrogen and oxygen atoms in total. The Labute approximate surface area is 136 Å². The fraction of sp³-hybridized carbons (Fsp3) is 0.267. The highest BCUT2D eigenvalue weighted by Crippen LogP contribution is 2.25. The molecule has 0 bridgehead atoms. The van der Waals surface area contributed by atoms with Gasteiger partial charge in [0.25, 0.3) is 0 Å². The molecule has 0 aliphatic rings. The van der Waals surface area contributed by atoms with Crippen LogP contribution in [0.15, 0.2) is 32.8 Å². The van der Waals surface area contributed by atoms with Crippen LogP contribution in [-0.4, -0.2) is 41.5 Å². The molecule has 2 heterocycles. The first-order chi connectivity index (χ1) is 11.0. The predicted octanol–water partition coefficient (Wildman–Crippen LogP) is 2.06. The Hall–Kier alpha value is -2.61. The van der Waals surface area contributed by atoms with Crippen LogP contribution in [-0.2, 0) is 6.42 Å². The molecule has 0 unspecified atom stereocenters. The van der Waals surface area contributed by atoms with Gasteiger partial charge in [-0.15, -0.1) is 11.3 Å². The zero-order valence-electron chi connectivity index (χ0n) is 12.8. The van der Waals surface area contributed by atoms with Crippen molar-refractivity contribution in [2.24, 2.45) is 0 Å². The number of hydrogen-bond acceptors (Lipinski definition) is 5. The number of H-pyrrole nitrogens is 1. The van der Waals surface area contributed by atoms with Gasteiger partial charge in [0.1, 0.15) is 0 Å². The fourth-order valence-electron chi connectivity index (χ4n) is 2.10. The van der Waals surface area contributed by atoms with E-state index in [2.05, 4.69) is 15.3 Å². The van der Waals surface area contributed by atoms with E-state index >= 15 is 0 Å². The lowest BCUT2D eigenvalue weighted by molar-refractivity contribution is 0.217. The summed E-state index contributed by atoms with van der Waals surface area (Å²) < 4.78 is 5.06. The molecule has 120 valence electrons. The number of urea groups is 1. The lowest BCUT2D eigenvalue weighted by Gasteiger charge is -2.10. The minimum atomic E-state index is -0.465. The van der Waals surface area contributed by atoms with E-state index in [-0.39, 0.29) is 6.03 Å². The molecule has 0 radical (unpaired) electrons. The van der Waals surface area contributed by atoms with Crippen molar-refractivity contribution in [3.05, 3.63) is 39.1 Å². The van der Waals surface area contributed by atoms with Crippen LogP contribution in [0, 0.1) is 0 Å². The topological polar surface area (TPSA) is 91.2 Å². The molecule has 0 atom stereocenters. The Morgan fingerprint density at radius 1 is 1.43 bits per heavy atom. The van der Waals surface area contributed by atoms with Crippen LogP contribution in [0.3, 0.4) is 0 Å². The fourth-order valence-corrected chi connectivity index (χ4v) is 2.90. The van der Waals surface area contributed by atoms with E-state index in [1.807, 2.05) is 11.4 Å². The maximum absolute atomic E-state index is 11.4. The lowest BCUT2D eigenvalue weighted by Crippen LogP contribution is -2.35. The van der Waals surface area contributed by atoms with E-state index in [9.17, 15) is 9.59 Å². The molecule has 3 rings (SSSR count). The highest BCUT2D eigenvalue weighted by molar-refractivity contribution is 7.09. The number of nitrogens with zero attached hydrogens (tertiary/aromatic N) is 2. The smallest absolute Gasteiger partial charge is 0.408 e. The van der Waals surface area contributed by atoms with Gasteiger partial charge in [-0.1, -0.05) is 6.07 Å². The summed E-state index contributed by atoms with van der Waals surface area (Å²) >= 11 is 1.54. The predicted molar refractivity (Wildman–Crippen MR) is 88.7 cm³/mol. The second kappa shape index (κ2) is 6.25. The van der Waals surface area contributed by atoms with Gasteiger partial charge in [0.05, 0.1) is 16.2 Å². The Kier molecular flexibility index (Phi) is 4.16. The first-order valence-electron chi connectivity index (χ1n) is 7.06. The molecule has 0 saturated heterocycles. The van der Waals surface area contributed by atoms with Crippen LogP contribution < -0.4 is 11.1 Å². The van der Waals surface area contributed by atoms with Crippen molar-refractivity contribution >= 4 is 28.5 Å². The van der Waals surface area contributed by atoms with E-state index in [1.54, 1.807) is 26.2 Å². The van der Waals surface area contributed by atoms with Gasteiger partial charge in [-0.25, -0.2) is 14.6 Å². The van der Waals surface area contributed by atoms with Gasteiger partial charge >= 0.3 is 11.8 Å². The lowest BCUT2D eigenvalue weighted by atomic mass is 10.1. The van der Waals surface area contributed by atoms with Gasteiger partial charge in [0.15, 0.2) is 5.58 Å². The number of rotatable bonds is 4. The quantitative estimate of drug-likeness (QED) is 0.765. The maximum atomic E-state index is 11.4. The zero-order chi connectivity index (χ0) is 16.4. The van der Waals surface area contributed by atoms with E-state index in [0.29, 0.717) is 24.1 Å². The average molecular weight is 332 g/mol. The van der Waals surface area contributed by atoms with Crippen LogP contribution in [0.4, 0.5) is 4.79 Å². The third-order valence-corrected chi connectivity index (χ3v) is 4.20. The Morgan fingerprint density at radius 3 is 3.04 bits per heavy atom. The van der Waals surface area contributed by atoms with Crippen LogP contribution in [0.5, 0.6) is 0 Å². The molecule has 0 fully saturated rings. The van der Waals surface area contributed by atoms with Gasteiger partial charge in [-0.3, -0.25) is 4.98 Å². The highest BCUT2D eigenvalue weighted by Gasteiger charge is 2.09. The number of oxazole rings is 1. The van der Waals surface area contributed by atoms with Crippen molar-refractivity contribution in [3.8, 4) is 11.3 Å². The summed E-state index contributed by atoms with van der Waals surface area (Å²) in [6.07, 6.45) is 0.672. The summed E-state index contributed by atoms with van der Waals surface area (Å²) in [4.78, 5) is 31.3. The van der Waals surface area contributed by atoms with Crippen LogP contribution >= 0.6 is 11.3 Å². The third-order valence-electron chi connectivity index (χ3n) is 3.29. The number of aromatic amines is 1. The number of thiazole rings is 1. The molecule has 2 N–H and O–H groups in total. The van der Waals surface area contributed by atoms with Gasteiger partial charge in [-0.05, 0) is 12.1 Å². The molecule has 0 aliphatic heterocycles. The zero-order valence-corrected chi connectivity index (χ0v) is 13.6. The van der Waals surface area contributed by atoms with E-state index in [4.69, 9.17) is 4.42 Å². The first-order valence-corrected chi connectivity index (χ1v) is 7.94. The highest BCUT2D eigenvalue weighted by atomic mass is 32.1. The molecular formula is C15H16N4O3S. The molecule has 8 heteroatoms. The van der Waals surface area contributed by atoms with Crippen molar-refractivity contribution in [1.29, 1.82) is 0 Å². The van der Waals surface area contributed by atoms with Crippen molar-refractivity contribution in [3.63, 3.8) is 0 Å². The molecule has 2 aromatic heterocycles. The van der Waals surface area contributed by atoms with E-state index in [1.165, 1.54) is 16.2 Å². The summed E-state index contributed by atoms with van der Waals surface area (Å²) in [6.45, 7) is 0.537. The van der Waals surface area contributed by atoms with Crippen molar-refractivity contribution < 1.29 is 9.21 Å². The molecule has 0 aliphatic carbocycles. The molecule has 0 saturated carbocycles. The van der Waals surface area contributed by atoms with Crippen molar-refractivity contribution in [2.75, 3.05) is 20.6 Å². The average Bonchev–Trinajstić information content (AvgIpc) is 3.11. The first kappa shape index (κ1) is 15.3. The standard InChI is InChI=1S/C15H16N4O3S/c1-19(2)14(20)16-6-5-13-17-11(8-23-13)9-3-4-10-12(7-9)22-15(21)18-10/h3-4,7-8H,5-6H2,1-2H3,(H,16,20)(H,18,21). The molecule has 1 aromatic carbocycles. The normalized spacial score (nSPS) is 10.9.